The lowest BCUT2D eigenvalue weighted by Gasteiger charge is -2.37. The molecule has 0 amide bonds. The smallest absolute Gasteiger partial charge is 0.339 e. The first-order chi connectivity index (χ1) is 20.4. The van der Waals surface area contributed by atoms with Crippen molar-refractivity contribution in [2.24, 2.45) is 0 Å². The molecule has 218 valence electrons. The van der Waals surface area contributed by atoms with Crippen LogP contribution in [0, 0.1) is 0 Å². The van der Waals surface area contributed by atoms with E-state index in [1.54, 1.807) is 24.3 Å². The summed E-state index contributed by atoms with van der Waals surface area (Å²) in [4.78, 5) is 13.9. The van der Waals surface area contributed by atoms with Crippen molar-refractivity contribution < 1.29 is 28.3 Å². The second-order valence-corrected chi connectivity index (χ2v) is 11.9. The second kappa shape index (κ2) is 10.9. The number of hydrogen-bond acceptors (Lipinski definition) is 9. The van der Waals surface area contributed by atoms with Crippen LogP contribution < -0.4 is 9.64 Å². The summed E-state index contributed by atoms with van der Waals surface area (Å²) in [5, 5.41) is 23.5. The Kier molecular flexibility index (Phi) is 7.08. The number of carboxylic acids is 1. The third-order valence-corrected chi connectivity index (χ3v) is 9.06. The van der Waals surface area contributed by atoms with Gasteiger partial charge in [-0.3, -0.25) is 0 Å². The number of aromatic nitrogens is 3. The Morgan fingerprint density at radius 1 is 1.07 bits per heavy atom. The third kappa shape index (κ3) is 4.91. The number of aromatic carboxylic acids is 1. The highest BCUT2D eigenvalue weighted by atomic mass is 35.5. The van der Waals surface area contributed by atoms with Gasteiger partial charge >= 0.3 is 12.0 Å². The molecule has 2 aliphatic heterocycles. The summed E-state index contributed by atoms with van der Waals surface area (Å²) in [6, 6.07) is 11.0. The molecule has 10 nitrogen and oxygen atoms in total. The molecule has 1 saturated carbocycles. The average molecular weight is 611 g/mol. The molecule has 3 atom stereocenters. The average Bonchev–Trinajstić information content (AvgIpc) is 3.45. The number of methoxy groups -OCH3 is 1. The quantitative estimate of drug-likeness (QED) is 0.212. The molecule has 42 heavy (non-hydrogen) atoms. The topological polar surface area (TPSA) is 124 Å². The van der Waals surface area contributed by atoms with E-state index in [1.807, 2.05) is 6.07 Å². The summed E-state index contributed by atoms with van der Waals surface area (Å²) in [6.07, 6.45) is 5.79. The van der Waals surface area contributed by atoms with Crippen LogP contribution in [0.2, 0.25) is 10.0 Å². The van der Waals surface area contributed by atoms with Gasteiger partial charge in [-0.15, -0.1) is 5.10 Å². The molecule has 2 aromatic carbocycles. The van der Waals surface area contributed by atoms with Gasteiger partial charge in [-0.2, -0.15) is 0 Å². The first-order valence-corrected chi connectivity index (χ1v) is 14.7. The third-order valence-electron chi connectivity index (χ3n) is 8.43. The summed E-state index contributed by atoms with van der Waals surface area (Å²) in [6.45, 7) is 0.365. The van der Waals surface area contributed by atoms with E-state index in [9.17, 15) is 9.90 Å². The van der Waals surface area contributed by atoms with Crippen molar-refractivity contribution in [3.63, 3.8) is 0 Å². The molecule has 7 rings (SSSR count). The molecular formula is C30H28Cl2N4O6. The lowest BCUT2D eigenvalue weighted by atomic mass is 10.00. The molecule has 0 spiro atoms. The maximum Gasteiger partial charge on any atom is 0.339 e. The van der Waals surface area contributed by atoms with Gasteiger partial charge in [0.2, 0.25) is 5.89 Å². The molecule has 12 heteroatoms. The fourth-order valence-electron chi connectivity index (χ4n) is 6.27. The Labute approximate surface area is 251 Å². The van der Waals surface area contributed by atoms with Crippen LogP contribution in [0.1, 0.15) is 66.1 Å². The van der Waals surface area contributed by atoms with E-state index in [0.29, 0.717) is 45.4 Å². The van der Waals surface area contributed by atoms with Crippen molar-refractivity contribution >= 4 is 35.2 Å². The number of ether oxygens (including phenoxy) is 2. The number of benzene rings is 2. The number of hydrogen-bond donors (Lipinski definition) is 1. The van der Waals surface area contributed by atoms with E-state index < -0.39 is 5.97 Å². The molecule has 1 N–H and O–H groups in total. The van der Waals surface area contributed by atoms with Gasteiger partial charge in [-0.1, -0.05) is 39.5 Å². The van der Waals surface area contributed by atoms with E-state index in [-0.39, 0.29) is 35.4 Å². The summed E-state index contributed by atoms with van der Waals surface area (Å²) in [5.74, 6) is 0.658. The summed E-state index contributed by atoms with van der Waals surface area (Å²) < 4.78 is 23.6. The Morgan fingerprint density at radius 3 is 2.48 bits per heavy atom. The zero-order valence-electron chi connectivity index (χ0n) is 22.8. The lowest BCUT2D eigenvalue weighted by Crippen LogP contribution is -2.45. The monoisotopic (exact) mass is 610 g/mol. The molecule has 2 saturated heterocycles. The highest BCUT2D eigenvalue weighted by Crippen LogP contribution is 2.47. The summed E-state index contributed by atoms with van der Waals surface area (Å²) in [5.41, 5.74) is 2.79. The van der Waals surface area contributed by atoms with Crippen molar-refractivity contribution in [1.29, 1.82) is 0 Å². The van der Waals surface area contributed by atoms with Crippen LogP contribution in [0.15, 0.2) is 45.3 Å². The maximum absolute atomic E-state index is 11.7. The van der Waals surface area contributed by atoms with Gasteiger partial charge in [0, 0.05) is 34.7 Å². The second-order valence-electron chi connectivity index (χ2n) is 11.1. The SMILES string of the molecule is COc1ccc(-c2nnc(N3[C@@H]4CC[C@H]3CC(OCc3c(-c5c(Cl)cccc5Cl)noc3C3CC3)C4)o2)cc1C(=O)O. The van der Waals surface area contributed by atoms with Gasteiger partial charge in [0.25, 0.3) is 0 Å². The zero-order valence-corrected chi connectivity index (χ0v) is 24.3. The van der Waals surface area contributed by atoms with Crippen molar-refractivity contribution in [2.75, 3.05) is 12.0 Å². The van der Waals surface area contributed by atoms with Crippen LogP contribution in [-0.4, -0.2) is 51.7 Å². The normalized spacial score (nSPS) is 21.6. The van der Waals surface area contributed by atoms with Crippen LogP contribution in [0.4, 0.5) is 6.01 Å². The fourth-order valence-corrected chi connectivity index (χ4v) is 6.85. The van der Waals surface area contributed by atoms with Crippen molar-refractivity contribution in [3.05, 3.63) is 63.3 Å². The number of rotatable bonds is 9. The maximum atomic E-state index is 11.7. The first kappa shape index (κ1) is 27.2. The highest BCUT2D eigenvalue weighted by molar-refractivity contribution is 6.39. The zero-order chi connectivity index (χ0) is 29.0. The summed E-state index contributed by atoms with van der Waals surface area (Å²) >= 11 is 13.0. The van der Waals surface area contributed by atoms with Gasteiger partial charge in [0.15, 0.2) is 0 Å². The van der Waals surface area contributed by atoms with Gasteiger partial charge in [-0.05, 0) is 68.9 Å². The minimum Gasteiger partial charge on any atom is -0.496 e. The predicted molar refractivity (Wildman–Crippen MR) is 154 cm³/mol. The molecule has 1 unspecified atom stereocenters. The molecule has 1 aliphatic carbocycles. The largest absolute Gasteiger partial charge is 0.496 e. The number of carboxylic acid groups (broad SMARTS) is 1. The van der Waals surface area contributed by atoms with E-state index >= 15 is 0 Å². The van der Waals surface area contributed by atoms with Crippen molar-refractivity contribution in [3.8, 4) is 28.5 Å². The number of halogens is 2. The van der Waals surface area contributed by atoms with Crippen molar-refractivity contribution in [2.45, 2.75) is 69.2 Å². The number of nitrogens with zero attached hydrogens (tertiary/aromatic N) is 4. The van der Waals surface area contributed by atoms with Gasteiger partial charge in [0.1, 0.15) is 22.8 Å². The Balaban J connectivity index is 1.07. The van der Waals surface area contributed by atoms with Crippen LogP contribution >= 0.6 is 23.2 Å². The molecule has 4 heterocycles. The van der Waals surface area contributed by atoms with Crippen LogP contribution in [0.25, 0.3) is 22.7 Å². The van der Waals surface area contributed by atoms with E-state index in [1.165, 1.54) is 13.2 Å². The van der Waals surface area contributed by atoms with Gasteiger partial charge in [0.05, 0.1) is 29.9 Å². The molecule has 3 aliphatic rings. The van der Waals surface area contributed by atoms with Crippen LogP contribution in [0.3, 0.4) is 0 Å². The first-order valence-electron chi connectivity index (χ1n) is 14.0. The molecular weight excluding hydrogens is 583 g/mol. The molecule has 3 fully saturated rings. The fraction of sp³-hybridized carbons (Fsp3) is 0.400. The molecule has 4 aromatic rings. The van der Waals surface area contributed by atoms with Gasteiger partial charge in [-0.25, -0.2) is 4.79 Å². The molecule has 0 radical (unpaired) electrons. The Hall–Kier alpha value is -3.60. The van der Waals surface area contributed by atoms with E-state index in [2.05, 4.69) is 20.3 Å². The minimum atomic E-state index is -1.09. The highest BCUT2D eigenvalue weighted by Gasteiger charge is 2.44. The van der Waals surface area contributed by atoms with Crippen LogP contribution in [0.5, 0.6) is 5.75 Å². The minimum absolute atomic E-state index is 0.0328. The molecule has 2 bridgehead atoms. The van der Waals surface area contributed by atoms with Crippen molar-refractivity contribution in [1.82, 2.24) is 15.4 Å². The van der Waals surface area contributed by atoms with E-state index in [0.717, 1.165) is 49.8 Å². The number of anilines is 1. The van der Waals surface area contributed by atoms with Gasteiger partial charge < -0.3 is 28.4 Å². The Bertz CT molecular complexity index is 1620. The van der Waals surface area contributed by atoms with Crippen LogP contribution in [-0.2, 0) is 11.3 Å². The molecule has 2 aromatic heterocycles. The number of carbonyl (C=O) groups is 1. The Morgan fingerprint density at radius 2 is 1.81 bits per heavy atom. The number of fused-ring (bicyclic) bond motifs is 2. The predicted octanol–water partition coefficient (Wildman–Crippen LogP) is 7.00. The standard InChI is InChI=1S/C30H28Cl2N4O6/c1-39-24-10-7-16(11-20(24)29(37)38)28-33-34-30(41-28)36-17-8-9-18(36)13-19(12-17)40-14-21-26(35-42-27(21)15-5-6-15)25-22(31)3-2-4-23(25)32/h2-4,7,10-11,15,17-19H,5-6,8-9,12-14H2,1H3,(H,37,38)/t17-,18+,19?. The number of piperidine rings is 1. The lowest BCUT2D eigenvalue weighted by molar-refractivity contribution is 0.0139. The summed E-state index contributed by atoms with van der Waals surface area (Å²) in [7, 11) is 1.43. The van der Waals surface area contributed by atoms with E-state index in [4.69, 9.17) is 41.6 Å².